The first-order valence-electron chi connectivity index (χ1n) is 7.69. The molecule has 1 unspecified atom stereocenters. The molecule has 0 heterocycles. The van der Waals surface area contributed by atoms with Gasteiger partial charge in [-0.05, 0) is 38.3 Å². The summed E-state index contributed by atoms with van der Waals surface area (Å²) in [6.07, 6.45) is -2.25. The predicted molar refractivity (Wildman–Crippen MR) is 81.5 cm³/mol. The van der Waals surface area contributed by atoms with Crippen LogP contribution in [0.1, 0.15) is 51.5 Å². The second kappa shape index (κ2) is 7.83. The van der Waals surface area contributed by atoms with Crippen molar-refractivity contribution in [3.63, 3.8) is 0 Å². The van der Waals surface area contributed by atoms with E-state index in [2.05, 4.69) is 31.3 Å². The number of likely N-dealkylation sites (N-methyl/N-ethyl adjacent to an activating group) is 1. The van der Waals surface area contributed by atoms with Gasteiger partial charge in [0.1, 0.15) is 0 Å². The number of alkyl halides is 3. The van der Waals surface area contributed by atoms with Crippen molar-refractivity contribution in [1.82, 2.24) is 5.32 Å². The van der Waals surface area contributed by atoms with Crippen LogP contribution in [0.3, 0.4) is 0 Å². The third-order valence-corrected chi connectivity index (χ3v) is 4.58. The monoisotopic (exact) mass is 301 g/mol. The van der Waals surface area contributed by atoms with Crippen molar-refractivity contribution >= 4 is 0 Å². The smallest absolute Gasteiger partial charge is 0.316 e. The lowest BCUT2D eigenvalue weighted by atomic mass is 9.69. The fraction of sp³-hybridized carbons (Fsp3) is 0.647. The van der Waals surface area contributed by atoms with Crippen molar-refractivity contribution in [2.75, 3.05) is 7.05 Å². The van der Waals surface area contributed by atoms with E-state index < -0.39 is 12.6 Å². The first kappa shape index (κ1) is 18.0. The van der Waals surface area contributed by atoms with Crippen LogP contribution in [-0.4, -0.2) is 19.3 Å². The first-order chi connectivity index (χ1) is 9.89. The molecule has 0 saturated heterocycles. The molecule has 1 N–H and O–H groups in total. The average Bonchev–Trinajstić information content (AvgIpc) is 2.47. The molecule has 0 amide bonds. The topological polar surface area (TPSA) is 12.0 Å². The Morgan fingerprint density at radius 2 is 1.62 bits per heavy atom. The maximum Gasteiger partial charge on any atom is 0.389 e. The van der Waals surface area contributed by atoms with E-state index in [-0.39, 0.29) is 17.9 Å². The van der Waals surface area contributed by atoms with E-state index in [1.807, 2.05) is 25.2 Å². The fourth-order valence-electron chi connectivity index (χ4n) is 3.33. The maximum atomic E-state index is 12.4. The zero-order valence-electron chi connectivity index (χ0n) is 13.1. The van der Waals surface area contributed by atoms with Crippen LogP contribution in [0.2, 0.25) is 0 Å². The molecule has 0 aromatic heterocycles. The summed E-state index contributed by atoms with van der Waals surface area (Å²) in [5.74, 6) is 0. The number of nitrogens with one attached hydrogen (secondary N) is 1. The molecular weight excluding hydrogens is 275 g/mol. The van der Waals surface area contributed by atoms with Crippen LogP contribution in [0.5, 0.6) is 0 Å². The second-order valence-electron chi connectivity index (χ2n) is 5.58. The van der Waals surface area contributed by atoms with Crippen LogP contribution in [-0.2, 0) is 5.41 Å². The highest BCUT2D eigenvalue weighted by atomic mass is 19.4. The predicted octanol–water partition coefficient (Wildman–Crippen LogP) is 5.07. The number of halogens is 3. The number of hydrogen-bond donors (Lipinski definition) is 1. The SMILES string of the molecule is CCC(CC)(c1ccccc1)C(CCCC(F)(F)F)NC. The molecule has 1 aromatic carbocycles. The summed E-state index contributed by atoms with van der Waals surface area (Å²) in [5, 5.41) is 3.26. The molecule has 0 bridgehead atoms. The van der Waals surface area contributed by atoms with Gasteiger partial charge >= 0.3 is 6.18 Å². The fourth-order valence-corrected chi connectivity index (χ4v) is 3.33. The average molecular weight is 301 g/mol. The quantitative estimate of drug-likeness (QED) is 0.707. The van der Waals surface area contributed by atoms with Crippen LogP contribution in [0.25, 0.3) is 0 Å². The second-order valence-corrected chi connectivity index (χ2v) is 5.58. The van der Waals surface area contributed by atoms with Crippen LogP contribution >= 0.6 is 0 Å². The van der Waals surface area contributed by atoms with Gasteiger partial charge in [0.25, 0.3) is 0 Å². The van der Waals surface area contributed by atoms with Crippen molar-refractivity contribution in [2.45, 2.75) is 63.6 Å². The number of rotatable bonds is 8. The van der Waals surface area contributed by atoms with E-state index in [0.29, 0.717) is 6.42 Å². The van der Waals surface area contributed by atoms with E-state index in [1.54, 1.807) is 0 Å². The van der Waals surface area contributed by atoms with Gasteiger partial charge in [0.2, 0.25) is 0 Å². The molecule has 1 aromatic rings. The first-order valence-corrected chi connectivity index (χ1v) is 7.69. The normalized spacial score (nSPS) is 14.2. The third kappa shape index (κ3) is 4.73. The summed E-state index contributed by atoms with van der Waals surface area (Å²) < 4.78 is 37.1. The molecule has 0 saturated carbocycles. The summed E-state index contributed by atoms with van der Waals surface area (Å²) in [5.41, 5.74) is 1.10. The Labute approximate surface area is 125 Å². The molecule has 0 radical (unpaired) electrons. The lowest BCUT2D eigenvalue weighted by Crippen LogP contribution is -2.46. The zero-order valence-corrected chi connectivity index (χ0v) is 13.1. The summed E-state index contributed by atoms with van der Waals surface area (Å²) in [6.45, 7) is 4.23. The van der Waals surface area contributed by atoms with E-state index in [0.717, 1.165) is 12.8 Å². The highest BCUT2D eigenvalue weighted by Crippen LogP contribution is 2.37. The molecule has 1 rings (SSSR count). The van der Waals surface area contributed by atoms with E-state index >= 15 is 0 Å². The molecule has 4 heteroatoms. The molecule has 120 valence electrons. The Morgan fingerprint density at radius 1 is 1.05 bits per heavy atom. The molecule has 0 aliphatic rings. The number of benzene rings is 1. The minimum atomic E-state index is -4.06. The van der Waals surface area contributed by atoms with Gasteiger partial charge in [0.05, 0.1) is 0 Å². The van der Waals surface area contributed by atoms with Gasteiger partial charge in [-0.15, -0.1) is 0 Å². The molecular formula is C17H26F3N. The Bertz CT molecular complexity index is 396. The molecule has 0 spiro atoms. The summed E-state index contributed by atoms with van der Waals surface area (Å²) in [4.78, 5) is 0. The largest absolute Gasteiger partial charge is 0.389 e. The van der Waals surface area contributed by atoms with Gasteiger partial charge in [0.15, 0.2) is 0 Å². The highest BCUT2D eigenvalue weighted by molar-refractivity contribution is 5.27. The van der Waals surface area contributed by atoms with E-state index in [9.17, 15) is 13.2 Å². The van der Waals surface area contributed by atoms with Gasteiger partial charge in [-0.3, -0.25) is 0 Å². The van der Waals surface area contributed by atoms with Crippen molar-refractivity contribution in [1.29, 1.82) is 0 Å². The summed E-state index contributed by atoms with van der Waals surface area (Å²) in [6, 6.07) is 10.2. The molecule has 0 aliphatic heterocycles. The molecule has 21 heavy (non-hydrogen) atoms. The van der Waals surface area contributed by atoms with Crippen LogP contribution in [0.4, 0.5) is 13.2 Å². The minimum Gasteiger partial charge on any atom is -0.316 e. The highest BCUT2D eigenvalue weighted by Gasteiger charge is 2.37. The van der Waals surface area contributed by atoms with Crippen molar-refractivity contribution in [3.8, 4) is 0 Å². The van der Waals surface area contributed by atoms with Crippen LogP contribution in [0, 0.1) is 0 Å². The Morgan fingerprint density at radius 3 is 2.05 bits per heavy atom. The lowest BCUT2D eigenvalue weighted by molar-refractivity contribution is -0.136. The van der Waals surface area contributed by atoms with Gasteiger partial charge in [-0.25, -0.2) is 0 Å². The summed E-state index contributed by atoms with van der Waals surface area (Å²) in [7, 11) is 1.85. The van der Waals surface area contributed by atoms with Crippen LogP contribution in [0.15, 0.2) is 30.3 Å². The van der Waals surface area contributed by atoms with E-state index in [1.165, 1.54) is 5.56 Å². The molecule has 0 aliphatic carbocycles. The molecule has 1 nitrogen and oxygen atoms in total. The Kier molecular flexibility index (Phi) is 6.72. The Balaban J connectivity index is 2.91. The van der Waals surface area contributed by atoms with Gasteiger partial charge < -0.3 is 5.32 Å². The third-order valence-electron chi connectivity index (χ3n) is 4.58. The van der Waals surface area contributed by atoms with Crippen LogP contribution < -0.4 is 5.32 Å². The number of hydrogen-bond acceptors (Lipinski definition) is 1. The van der Waals surface area contributed by atoms with Crippen molar-refractivity contribution in [3.05, 3.63) is 35.9 Å². The summed E-state index contributed by atoms with van der Waals surface area (Å²) >= 11 is 0. The van der Waals surface area contributed by atoms with E-state index in [4.69, 9.17) is 0 Å². The van der Waals surface area contributed by atoms with Gasteiger partial charge in [-0.2, -0.15) is 13.2 Å². The van der Waals surface area contributed by atoms with Crippen molar-refractivity contribution < 1.29 is 13.2 Å². The maximum absolute atomic E-state index is 12.4. The minimum absolute atomic E-state index is 0.0530. The van der Waals surface area contributed by atoms with Gasteiger partial charge in [0, 0.05) is 17.9 Å². The molecule has 0 fully saturated rings. The van der Waals surface area contributed by atoms with Gasteiger partial charge in [-0.1, -0.05) is 44.2 Å². The zero-order chi connectivity index (χ0) is 15.9. The Hall–Kier alpha value is -1.03. The standard InChI is InChI=1S/C17H26F3N/c1-4-16(5-2,14-10-7-6-8-11-14)15(21-3)12-9-13-17(18,19)20/h6-8,10-11,15,21H,4-5,9,12-13H2,1-3H3. The van der Waals surface area contributed by atoms with Crippen molar-refractivity contribution in [2.24, 2.45) is 0 Å². The lowest BCUT2D eigenvalue weighted by Gasteiger charge is -2.40. The molecule has 1 atom stereocenters.